The van der Waals surface area contributed by atoms with Crippen molar-refractivity contribution in [1.82, 2.24) is 9.97 Å². The Balaban J connectivity index is 2.46. The first kappa shape index (κ1) is 8.74. The summed E-state index contributed by atoms with van der Waals surface area (Å²) < 4.78 is 0. The fourth-order valence-electron chi connectivity index (χ4n) is 1.07. The molecule has 5 heteroatoms. The van der Waals surface area contributed by atoms with Crippen LogP contribution in [0.25, 0.3) is 10.6 Å². The number of aromatic nitrogens is 2. The molecule has 0 radical (unpaired) electrons. The fraction of sp³-hybridized carbons (Fsp3) is 0.125. The van der Waals surface area contributed by atoms with E-state index in [9.17, 15) is 0 Å². The molecule has 0 spiro atoms. The summed E-state index contributed by atoms with van der Waals surface area (Å²) in [5, 5.41) is 2.55. The Morgan fingerprint density at radius 1 is 1.62 bits per heavy atom. The van der Waals surface area contributed by atoms with Gasteiger partial charge in [-0.1, -0.05) is 17.7 Å². The van der Waals surface area contributed by atoms with Gasteiger partial charge in [0.2, 0.25) is 0 Å². The minimum absolute atomic E-state index is 0.380. The van der Waals surface area contributed by atoms with E-state index in [0.29, 0.717) is 17.5 Å². The summed E-state index contributed by atoms with van der Waals surface area (Å²) in [7, 11) is 0. The normalized spacial score (nSPS) is 10.6. The highest BCUT2D eigenvalue weighted by molar-refractivity contribution is 7.13. The molecule has 2 heterocycles. The summed E-state index contributed by atoms with van der Waals surface area (Å²) in [6.45, 7) is 0.380. The standard InChI is InChI=1S/C8H8ClN3S/c9-8-7(5-2-1-3-13-5)11-6(4-10)12-8/h1-3H,4,10H2,(H,11,12). The molecular formula is C8H8ClN3S. The van der Waals surface area contributed by atoms with Crippen LogP contribution in [-0.2, 0) is 6.54 Å². The lowest BCUT2D eigenvalue weighted by Gasteiger charge is -1.88. The maximum absolute atomic E-state index is 5.95. The summed E-state index contributed by atoms with van der Waals surface area (Å²) >= 11 is 7.55. The van der Waals surface area contributed by atoms with Gasteiger partial charge in [0, 0.05) is 0 Å². The van der Waals surface area contributed by atoms with Crippen LogP contribution in [0.4, 0.5) is 0 Å². The number of thiophene rings is 1. The third-order valence-corrected chi connectivity index (χ3v) is 2.81. The summed E-state index contributed by atoms with van der Waals surface area (Å²) in [6.07, 6.45) is 0. The lowest BCUT2D eigenvalue weighted by Crippen LogP contribution is -1.97. The van der Waals surface area contributed by atoms with Gasteiger partial charge in [0.15, 0.2) is 0 Å². The van der Waals surface area contributed by atoms with Gasteiger partial charge in [-0.3, -0.25) is 0 Å². The lowest BCUT2D eigenvalue weighted by atomic mass is 10.4. The van der Waals surface area contributed by atoms with Gasteiger partial charge < -0.3 is 10.7 Å². The molecule has 0 bridgehead atoms. The first-order valence-corrected chi connectivity index (χ1v) is 5.05. The average molecular weight is 214 g/mol. The van der Waals surface area contributed by atoms with Crippen molar-refractivity contribution in [3.63, 3.8) is 0 Å². The third-order valence-electron chi connectivity index (χ3n) is 1.66. The third kappa shape index (κ3) is 1.60. The minimum atomic E-state index is 0.380. The molecule has 0 saturated carbocycles. The number of halogens is 1. The molecule has 2 rings (SSSR count). The van der Waals surface area contributed by atoms with Crippen molar-refractivity contribution >= 4 is 22.9 Å². The topological polar surface area (TPSA) is 54.7 Å². The molecule has 0 amide bonds. The molecule has 0 aliphatic carbocycles. The lowest BCUT2D eigenvalue weighted by molar-refractivity contribution is 0.951. The Hall–Kier alpha value is -0.840. The average Bonchev–Trinajstić information content (AvgIpc) is 2.72. The minimum Gasteiger partial charge on any atom is -0.331 e. The number of nitrogens with zero attached hydrogens (tertiary/aromatic N) is 1. The highest BCUT2D eigenvalue weighted by Crippen LogP contribution is 2.28. The van der Waals surface area contributed by atoms with Crippen molar-refractivity contribution in [2.45, 2.75) is 6.54 Å². The van der Waals surface area contributed by atoms with Gasteiger partial charge in [-0.25, -0.2) is 4.98 Å². The van der Waals surface area contributed by atoms with E-state index >= 15 is 0 Å². The van der Waals surface area contributed by atoms with Crippen LogP contribution >= 0.6 is 22.9 Å². The van der Waals surface area contributed by atoms with Crippen LogP contribution in [-0.4, -0.2) is 9.97 Å². The zero-order valence-corrected chi connectivity index (χ0v) is 8.32. The van der Waals surface area contributed by atoms with E-state index in [1.54, 1.807) is 11.3 Å². The van der Waals surface area contributed by atoms with Gasteiger partial charge in [-0.05, 0) is 11.4 Å². The highest BCUT2D eigenvalue weighted by Gasteiger charge is 2.09. The quantitative estimate of drug-likeness (QED) is 0.804. The molecule has 0 atom stereocenters. The molecule has 13 heavy (non-hydrogen) atoms. The molecule has 0 fully saturated rings. The molecular weight excluding hydrogens is 206 g/mol. The molecule has 3 N–H and O–H groups in total. The molecule has 3 nitrogen and oxygen atoms in total. The second-order valence-corrected chi connectivity index (χ2v) is 3.85. The van der Waals surface area contributed by atoms with Gasteiger partial charge in [-0.2, -0.15) is 0 Å². The zero-order valence-electron chi connectivity index (χ0n) is 6.75. The predicted octanol–water partition coefficient (Wildman–Crippen LogP) is 2.25. The van der Waals surface area contributed by atoms with E-state index in [0.717, 1.165) is 10.6 Å². The van der Waals surface area contributed by atoms with Gasteiger partial charge in [0.25, 0.3) is 0 Å². The van der Waals surface area contributed by atoms with Gasteiger partial charge >= 0.3 is 0 Å². The van der Waals surface area contributed by atoms with Gasteiger partial charge in [-0.15, -0.1) is 11.3 Å². The Labute approximate surface area is 84.6 Å². The number of nitrogens with two attached hydrogens (primary N) is 1. The van der Waals surface area contributed by atoms with Crippen LogP contribution in [0.15, 0.2) is 17.5 Å². The first-order valence-electron chi connectivity index (χ1n) is 3.79. The number of imidazole rings is 1. The SMILES string of the molecule is NCc1nc(-c2cccs2)c(Cl)[nH]1. The van der Waals surface area contributed by atoms with E-state index < -0.39 is 0 Å². The maximum atomic E-state index is 5.95. The molecule has 0 aliphatic rings. The van der Waals surface area contributed by atoms with Gasteiger partial charge in [0.1, 0.15) is 16.7 Å². The van der Waals surface area contributed by atoms with E-state index in [2.05, 4.69) is 9.97 Å². The molecule has 68 valence electrons. The van der Waals surface area contributed by atoms with Crippen LogP contribution in [0, 0.1) is 0 Å². The van der Waals surface area contributed by atoms with Crippen LogP contribution in [0.3, 0.4) is 0 Å². The number of rotatable bonds is 2. The zero-order chi connectivity index (χ0) is 9.26. The molecule has 0 saturated heterocycles. The fourth-order valence-corrected chi connectivity index (χ4v) is 2.10. The molecule has 2 aromatic rings. The monoisotopic (exact) mass is 213 g/mol. The van der Waals surface area contributed by atoms with Crippen LogP contribution in [0.5, 0.6) is 0 Å². The van der Waals surface area contributed by atoms with Crippen molar-refractivity contribution in [3.8, 4) is 10.6 Å². The smallest absolute Gasteiger partial charge is 0.135 e. The molecule has 0 aliphatic heterocycles. The summed E-state index contributed by atoms with van der Waals surface area (Å²) in [4.78, 5) is 8.24. The molecule has 0 unspecified atom stereocenters. The van der Waals surface area contributed by atoms with Crippen molar-refractivity contribution < 1.29 is 0 Å². The Morgan fingerprint density at radius 2 is 2.46 bits per heavy atom. The van der Waals surface area contributed by atoms with Crippen LogP contribution in [0.2, 0.25) is 5.15 Å². The summed E-state index contributed by atoms with van der Waals surface area (Å²) in [5.41, 5.74) is 6.23. The summed E-state index contributed by atoms with van der Waals surface area (Å²) in [6, 6.07) is 3.94. The van der Waals surface area contributed by atoms with E-state index in [4.69, 9.17) is 17.3 Å². The van der Waals surface area contributed by atoms with E-state index in [1.807, 2.05) is 17.5 Å². The predicted molar refractivity (Wildman–Crippen MR) is 54.8 cm³/mol. The van der Waals surface area contributed by atoms with Gasteiger partial charge in [0.05, 0.1) is 11.4 Å². The van der Waals surface area contributed by atoms with Crippen LogP contribution < -0.4 is 5.73 Å². The summed E-state index contributed by atoms with van der Waals surface area (Å²) in [5.74, 6) is 0.716. The molecule has 0 aromatic carbocycles. The number of hydrogen-bond donors (Lipinski definition) is 2. The largest absolute Gasteiger partial charge is 0.331 e. The Bertz CT molecular complexity index is 393. The van der Waals surface area contributed by atoms with E-state index in [1.165, 1.54) is 0 Å². The van der Waals surface area contributed by atoms with Crippen molar-refractivity contribution in [1.29, 1.82) is 0 Å². The number of hydrogen-bond acceptors (Lipinski definition) is 3. The van der Waals surface area contributed by atoms with E-state index in [-0.39, 0.29) is 0 Å². The van der Waals surface area contributed by atoms with Crippen molar-refractivity contribution in [3.05, 3.63) is 28.5 Å². The Morgan fingerprint density at radius 3 is 3.00 bits per heavy atom. The van der Waals surface area contributed by atoms with Crippen molar-refractivity contribution in [2.24, 2.45) is 5.73 Å². The number of H-pyrrole nitrogens is 1. The van der Waals surface area contributed by atoms with Crippen LogP contribution in [0.1, 0.15) is 5.82 Å². The maximum Gasteiger partial charge on any atom is 0.135 e. The highest BCUT2D eigenvalue weighted by atomic mass is 35.5. The first-order chi connectivity index (χ1) is 6.31. The molecule has 2 aromatic heterocycles. The number of nitrogens with one attached hydrogen (secondary N) is 1. The van der Waals surface area contributed by atoms with Crippen molar-refractivity contribution in [2.75, 3.05) is 0 Å². The second-order valence-electron chi connectivity index (χ2n) is 2.53. The second kappa shape index (κ2) is 3.49. The number of aromatic amines is 1. The Kier molecular flexibility index (Phi) is 2.35.